The van der Waals surface area contributed by atoms with Crippen molar-refractivity contribution in [3.05, 3.63) is 35.8 Å². The van der Waals surface area contributed by atoms with Gasteiger partial charge in [0.15, 0.2) is 0 Å². The molecule has 2 heterocycles. The van der Waals surface area contributed by atoms with E-state index in [1.807, 2.05) is 6.07 Å². The Labute approximate surface area is 113 Å². The van der Waals surface area contributed by atoms with Gasteiger partial charge in [-0.05, 0) is 56.0 Å². The normalized spacial score (nSPS) is 25.0. The van der Waals surface area contributed by atoms with E-state index in [0.29, 0.717) is 12.0 Å². The van der Waals surface area contributed by atoms with Crippen molar-refractivity contribution in [3.8, 4) is 0 Å². The van der Waals surface area contributed by atoms with Crippen LogP contribution in [0.1, 0.15) is 38.2 Å². The summed E-state index contributed by atoms with van der Waals surface area (Å²) in [6.45, 7) is 6.75. The van der Waals surface area contributed by atoms with Crippen molar-refractivity contribution in [2.24, 2.45) is 0 Å². The molecule has 3 heteroatoms. The van der Waals surface area contributed by atoms with E-state index in [2.05, 4.69) is 29.9 Å². The molecule has 0 spiro atoms. The summed E-state index contributed by atoms with van der Waals surface area (Å²) in [6, 6.07) is 5.74. The third-order valence-corrected chi connectivity index (χ3v) is 4.53. The first-order chi connectivity index (χ1) is 9.19. The molecule has 1 aromatic heterocycles. The molecule has 102 valence electrons. The number of likely N-dealkylation sites (tertiary alicyclic amines) is 1. The first-order valence-electron chi connectivity index (χ1n) is 7.19. The number of aromatic nitrogens is 1. The molecule has 3 rings (SSSR count). The number of fused-ring (bicyclic) bond motifs is 1. The highest BCUT2D eigenvalue weighted by Crippen LogP contribution is 2.34. The Bertz CT molecular complexity index is 575. The van der Waals surface area contributed by atoms with Gasteiger partial charge in [0.2, 0.25) is 0 Å². The van der Waals surface area contributed by atoms with E-state index in [4.69, 9.17) is 0 Å². The summed E-state index contributed by atoms with van der Waals surface area (Å²) in [5.74, 6) is 0.392. The highest BCUT2D eigenvalue weighted by atomic mass is 19.1. The number of H-pyrrole nitrogens is 1. The Morgan fingerprint density at radius 2 is 2.21 bits per heavy atom. The summed E-state index contributed by atoms with van der Waals surface area (Å²) in [7, 11) is 0. The van der Waals surface area contributed by atoms with Gasteiger partial charge in [-0.1, -0.05) is 6.92 Å². The summed E-state index contributed by atoms with van der Waals surface area (Å²) < 4.78 is 13.2. The summed E-state index contributed by atoms with van der Waals surface area (Å²) in [5.41, 5.74) is 2.26. The maximum Gasteiger partial charge on any atom is 0.125 e. The second kappa shape index (κ2) is 4.97. The molecule has 1 aromatic carbocycles. The third-order valence-electron chi connectivity index (χ3n) is 4.53. The van der Waals surface area contributed by atoms with Crippen LogP contribution in [-0.2, 0) is 0 Å². The van der Waals surface area contributed by atoms with E-state index in [1.165, 1.54) is 23.8 Å². The average Bonchev–Trinajstić information content (AvgIpc) is 2.82. The summed E-state index contributed by atoms with van der Waals surface area (Å²) >= 11 is 0. The van der Waals surface area contributed by atoms with E-state index < -0.39 is 0 Å². The number of rotatable bonds is 2. The highest BCUT2D eigenvalue weighted by molar-refractivity contribution is 5.83. The third kappa shape index (κ3) is 2.27. The Hall–Kier alpha value is -1.35. The zero-order chi connectivity index (χ0) is 13.4. The minimum atomic E-state index is -0.173. The van der Waals surface area contributed by atoms with Crippen LogP contribution in [0, 0.1) is 5.82 Å². The first kappa shape index (κ1) is 12.7. The molecular weight excluding hydrogens is 239 g/mol. The number of likely N-dealkylation sites (N-methyl/N-ethyl adjacent to an activating group) is 1. The molecule has 2 aromatic rings. The lowest BCUT2D eigenvalue weighted by Crippen LogP contribution is -2.40. The van der Waals surface area contributed by atoms with Gasteiger partial charge in [-0.2, -0.15) is 0 Å². The minimum Gasteiger partial charge on any atom is -0.361 e. The maximum absolute atomic E-state index is 13.2. The SMILES string of the molecule is CCN1C[C@H](c2c[nH]c3cc(F)ccc23)CC[C@@H]1C. The van der Waals surface area contributed by atoms with Crippen LogP contribution in [0.25, 0.3) is 10.9 Å². The van der Waals surface area contributed by atoms with Crippen molar-refractivity contribution in [2.75, 3.05) is 13.1 Å². The fourth-order valence-corrected chi connectivity index (χ4v) is 3.33. The number of halogens is 1. The van der Waals surface area contributed by atoms with Crippen LogP contribution in [0.4, 0.5) is 4.39 Å². The maximum atomic E-state index is 13.2. The molecule has 1 saturated heterocycles. The second-order valence-corrected chi connectivity index (χ2v) is 5.64. The molecule has 1 N–H and O–H groups in total. The van der Waals surface area contributed by atoms with Crippen LogP contribution in [0.3, 0.4) is 0 Å². The molecule has 19 heavy (non-hydrogen) atoms. The molecule has 0 saturated carbocycles. The van der Waals surface area contributed by atoms with Crippen molar-refractivity contribution < 1.29 is 4.39 Å². The second-order valence-electron chi connectivity index (χ2n) is 5.64. The Balaban J connectivity index is 1.92. The number of aromatic amines is 1. The van der Waals surface area contributed by atoms with Gasteiger partial charge >= 0.3 is 0 Å². The van der Waals surface area contributed by atoms with Crippen molar-refractivity contribution in [2.45, 2.75) is 38.6 Å². The lowest BCUT2D eigenvalue weighted by atomic mass is 9.87. The monoisotopic (exact) mass is 260 g/mol. The molecule has 0 aliphatic carbocycles. The average molecular weight is 260 g/mol. The zero-order valence-corrected chi connectivity index (χ0v) is 11.6. The van der Waals surface area contributed by atoms with Crippen molar-refractivity contribution >= 4 is 10.9 Å². The number of piperidine rings is 1. The van der Waals surface area contributed by atoms with Crippen LogP contribution in [0.2, 0.25) is 0 Å². The molecular formula is C16H21FN2. The van der Waals surface area contributed by atoms with E-state index in [9.17, 15) is 4.39 Å². The van der Waals surface area contributed by atoms with Crippen LogP contribution in [0.5, 0.6) is 0 Å². The molecule has 1 aliphatic heterocycles. The largest absolute Gasteiger partial charge is 0.361 e. The molecule has 1 fully saturated rings. The van der Waals surface area contributed by atoms with E-state index in [-0.39, 0.29) is 5.82 Å². The number of nitrogens with one attached hydrogen (secondary N) is 1. The van der Waals surface area contributed by atoms with Gasteiger partial charge in [0.25, 0.3) is 0 Å². The van der Waals surface area contributed by atoms with Crippen molar-refractivity contribution in [1.82, 2.24) is 9.88 Å². The van der Waals surface area contributed by atoms with Crippen LogP contribution >= 0.6 is 0 Å². The van der Waals surface area contributed by atoms with Gasteiger partial charge in [0.1, 0.15) is 5.82 Å². The summed E-state index contributed by atoms with van der Waals surface area (Å²) in [5, 5.41) is 1.18. The van der Waals surface area contributed by atoms with Crippen LogP contribution < -0.4 is 0 Å². The van der Waals surface area contributed by atoms with Gasteiger partial charge in [0, 0.05) is 29.7 Å². The predicted octanol–water partition coefficient (Wildman–Crippen LogP) is 3.89. The lowest BCUT2D eigenvalue weighted by molar-refractivity contribution is 0.152. The number of benzene rings is 1. The molecule has 0 radical (unpaired) electrons. The zero-order valence-electron chi connectivity index (χ0n) is 11.6. The number of hydrogen-bond donors (Lipinski definition) is 1. The van der Waals surface area contributed by atoms with Crippen LogP contribution in [-0.4, -0.2) is 29.0 Å². The van der Waals surface area contributed by atoms with Gasteiger partial charge in [-0.15, -0.1) is 0 Å². The van der Waals surface area contributed by atoms with E-state index in [0.717, 1.165) is 18.6 Å². The Kier molecular flexibility index (Phi) is 3.31. The quantitative estimate of drug-likeness (QED) is 0.867. The molecule has 0 unspecified atom stereocenters. The Morgan fingerprint density at radius 1 is 1.37 bits per heavy atom. The lowest BCUT2D eigenvalue weighted by Gasteiger charge is -2.37. The minimum absolute atomic E-state index is 0.173. The van der Waals surface area contributed by atoms with Gasteiger partial charge in [0.05, 0.1) is 0 Å². The smallest absolute Gasteiger partial charge is 0.125 e. The molecule has 0 amide bonds. The van der Waals surface area contributed by atoms with Crippen LogP contribution in [0.15, 0.2) is 24.4 Å². The number of hydrogen-bond acceptors (Lipinski definition) is 1. The number of nitrogens with zero attached hydrogens (tertiary/aromatic N) is 1. The van der Waals surface area contributed by atoms with E-state index >= 15 is 0 Å². The topological polar surface area (TPSA) is 19.0 Å². The summed E-state index contributed by atoms with van der Waals surface area (Å²) in [6.07, 6.45) is 4.53. The molecule has 1 aliphatic rings. The summed E-state index contributed by atoms with van der Waals surface area (Å²) in [4.78, 5) is 5.75. The van der Waals surface area contributed by atoms with Gasteiger partial charge < -0.3 is 9.88 Å². The molecule has 2 nitrogen and oxygen atoms in total. The standard InChI is InChI=1S/C16H21FN2/c1-3-19-10-12(5-4-11(19)2)15-9-18-16-8-13(17)6-7-14(15)16/h6-9,11-12,18H,3-5,10H2,1-2H3/t11-,12+/m0/s1. The fourth-order valence-electron chi connectivity index (χ4n) is 3.33. The molecule has 2 atom stereocenters. The highest BCUT2D eigenvalue weighted by Gasteiger charge is 2.26. The fraction of sp³-hybridized carbons (Fsp3) is 0.500. The predicted molar refractivity (Wildman–Crippen MR) is 76.9 cm³/mol. The first-order valence-corrected chi connectivity index (χ1v) is 7.19. The van der Waals surface area contributed by atoms with Gasteiger partial charge in [-0.3, -0.25) is 0 Å². The Morgan fingerprint density at radius 3 is 3.00 bits per heavy atom. The van der Waals surface area contributed by atoms with Crippen molar-refractivity contribution in [3.63, 3.8) is 0 Å². The molecule has 0 bridgehead atoms. The van der Waals surface area contributed by atoms with E-state index in [1.54, 1.807) is 12.1 Å². The van der Waals surface area contributed by atoms with Gasteiger partial charge in [-0.25, -0.2) is 4.39 Å². The van der Waals surface area contributed by atoms with Crippen molar-refractivity contribution in [1.29, 1.82) is 0 Å².